The van der Waals surface area contributed by atoms with Gasteiger partial charge in [-0.05, 0) is 24.3 Å². The van der Waals surface area contributed by atoms with Gasteiger partial charge in [-0.15, -0.1) is 11.3 Å². The highest BCUT2D eigenvalue weighted by atomic mass is 32.1. The maximum atomic E-state index is 12.8. The Balaban J connectivity index is 1.39. The van der Waals surface area contributed by atoms with E-state index in [1.54, 1.807) is 17.4 Å². The lowest BCUT2D eigenvalue weighted by Crippen LogP contribution is -2.45. The maximum absolute atomic E-state index is 12.8. The summed E-state index contributed by atoms with van der Waals surface area (Å²) in [5.41, 5.74) is 0.0216. The molecule has 1 aliphatic heterocycles. The van der Waals surface area contributed by atoms with Crippen molar-refractivity contribution in [2.45, 2.75) is 25.4 Å². The third kappa shape index (κ3) is 6.84. The van der Waals surface area contributed by atoms with Gasteiger partial charge in [-0.25, -0.2) is 9.97 Å². The first-order chi connectivity index (χ1) is 16.9. The molecule has 9 nitrogen and oxygen atoms in total. The zero-order valence-electron chi connectivity index (χ0n) is 19.7. The van der Waals surface area contributed by atoms with Gasteiger partial charge in [-0.1, -0.05) is 36.4 Å². The molecule has 0 atom stereocenters. The number of anilines is 2. The minimum atomic E-state index is -0.809. The van der Waals surface area contributed by atoms with Gasteiger partial charge in [0, 0.05) is 49.6 Å². The van der Waals surface area contributed by atoms with Gasteiger partial charge in [0.2, 0.25) is 11.8 Å². The highest BCUT2D eigenvalue weighted by Crippen LogP contribution is 2.35. The molecular weight excluding hydrogens is 464 g/mol. The minimum absolute atomic E-state index is 0.0982. The summed E-state index contributed by atoms with van der Waals surface area (Å²) in [6.45, 7) is 3.90. The highest BCUT2D eigenvalue weighted by Gasteiger charge is 2.35. The quantitative estimate of drug-likeness (QED) is 0.338. The normalized spacial score (nSPS) is 15.4. The van der Waals surface area contributed by atoms with Gasteiger partial charge in [0.05, 0.1) is 6.54 Å². The van der Waals surface area contributed by atoms with Gasteiger partial charge >= 0.3 is 0 Å². The third-order valence-corrected chi connectivity index (χ3v) is 6.92. The lowest BCUT2D eigenvalue weighted by molar-refractivity contribution is -0.119. The lowest BCUT2D eigenvalue weighted by atomic mass is 9.90. The van der Waals surface area contributed by atoms with Crippen LogP contribution in [0.3, 0.4) is 0 Å². The number of benzene rings is 1. The highest BCUT2D eigenvalue weighted by molar-refractivity contribution is 7.10. The number of aromatic nitrogens is 2. The van der Waals surface area contributed by atoms with Crippen LogP contribution in [-0.4, -0.2) is 64.5 Å². The van der Waals surface area contributed by atoms with Gasteiger partial charge in [0.15, 0.2) is 5.82 Å². The van der Waals surface area contributed by atoms with Crippen molar-refractivity contribution in [1.82, 2.24) is 20.2 Å². The molecule has 0 radical (unpaired) electrons. The van der Waals surface area contributed by atoms with Gasteiger partial charge in [0.25, 0.3) is 0 Å². The molecule has 1 saturated heterocycles. The van der Waals surface area contributed by atoms with Gasteiger partial charge < -0.3 is 21.1 Å². The van der Waals surface area contributed by atoms with Crippen molar-refractivity contribution in [2.24, 2.45) is 0 Å². The van der Waals surface area contributed by atoms with Crippen molar-refractivity contribution < 1.29 is 14.7 Å². The van der Waals surface area contributed by atoms with Crippen LogP contribution in [0.1, 0.15) is 24.6 Å². The van der Waals surface area contributed by atoms with E-state index < -0.39 is 5.60 Å². The largest absolute Gasteiger partial charge is 0.384 e. The predicted molar refractivity (Wildman–Crippen MR) is 137 cm³/mol. The average Bonchev–Trinajstić information content (AvgIpc) is 3.40. The van der Waals surface area contributed by atoms with E-state index in [1.807, 2.05) is 52.7 Å². The average molecular weight is 495 g/mol. The molecule has 4 rings (SSSR count). The molecule has 0 spiro atoms. The van der Waals surface area contributed by atoms with Crippen LogP contribution < -0.4 is 16.0 Å². The third-order valence-electron chi connectivity index (χ3n) is 5.86. The van der Waals surface area contributed by atoms with Crippen molar-refractivity contribution in [3.05, 3.63) is 58.8 Å². The summed E-state index contributed by atoms with van der Waals surface area (Å²) in [6.07, 6.45) is 1.18. The van der Waals surface area contributed by atoms with Crippen LogP contribution in [0, 0.1) is 0 Å². The van der Waals surface area contributed by atoms with E-state index in [0.717, 1.165) is 10.4 Å². The fraction of sp³-hybridized carbons (Fsp3) is 0.360. The molecule has 3 heterocycles. The maximum Gasteiger partial charge on any atom is 0.239 e. The lowest BCUT2D eigenvalue weighted by Gasteiger charge is -2.37. The SMILES string of the molecule is CC(=O)NCCNc1cc(NC(=O)CN2CCC(O)(c3cccs3)CC2)nc(-c2ccccc2)n1. The molecular formula is C25H30N6O3S. The van der Waals surface area contributed by atoms with Crippen molar-refractivity contribution >= 4 is 34.8 Å². The summed E-state index contributed by atoms with van der Waals surface area (Å²) in [6, 6.07) is 15.1. The zero-order chi connectivity index (χ0) is 24.7. The molecule has 0 bridgehead atoms. The summed E-state index contributed by atoms with van der Waals surface area (Å²) >= 11 is 1.57. The van der Waals surface area contributed by atoms with Gasteiger partial charge in [-0.3, -0.25) is 14.5 Å². The number of likely N-dealkylation sites (tertiary alicyclic amines) is 1. The van der Waals surface area contributed by atoms with Crippen LogP contribution >= 0.6 is 11.3 Å². The Labute approximate surface area is 208 Å². The number of carbonyl (C=O) groups excluding carboxylic acids is 2. The van der Waals surface area contributed by atoms with Crippen LogP contribution in [0.15, 0.2) is 53.9 Å². The standard InChI is InChI=1S/C25H30N6O3S/c1-18(32)26-11-12-27-21-16-22(30-24(29-21)19-6-3-2-4-7-19)28-23(33)17-31-13-9-25(34,10-14-31)20-8-5-15-35-20/h2-8,15-16,34H,9-14,17H2,1H3,(H,26,32)(H2,27,28,29,30,33). The molecule has 0 saturated carbocycles. The van der Waals surface area contributed by atoms with E-state index in [9.17, 15) is 14.7 Å². The summed E-state index contributed by atoms with van der Waals surface area (Å²) in [5, 5.41) is 21.7. The van der Waals surface area contributed by atoms with E-state index in [-0.39, 0.29) is 18.4 Å². The van der Waals surface area contributed by atoms with E-state index in [4.69, 9.17) is 0 Å². The summed E-state index contributed by atoms with van der Waals surface area (Å²) < 4.78 is 0. The van der Waals surface area contributed by atoms with Gasteiger partial charge in [0.1, 0.15) is 17.2 Å². The summed E-state index contributed by atoms with van der Waals surface area (Å²) in [5.74, 6) is 1.17. The first kappa shape index (κ1) is 24.8. The Morgan fingerprint density at radius 1 is 1.06 bits per heavy atom. The smallest absolute Gasteiger partial charge is 0.239 e. The monoisotopic (exact) mass is 494 g/mol. The minimum Gasteiger partial charge on any atom is -0.384 e. The van der Waals surface area contributed by atoms with E-state index in [0.29, 0.717) is 56.5 Å². The molecule has 35 heavy (non-hydrogen) atoms. The first-order valence-electron chi connectivity index (χ1n) is 11.6. The van der Waals surface area contributed by atoms with Crippen LogP contribution in [0.5, 0.6) is 0 Å². The molecule has 10 heteroatoms. The van der Waals surface area contributed by atoms with E-state index >= 15 is 0 Å². The van der Waals surface area contributed by atoms with E-state index in [1.165, 1.54) is 6.92 Å². The topological polar surface area (TPSA) is 119 Å². The fourth-order valence-electron chi connectivity index (χ4n) is 4.00. The number of amides is 2. The van der Waals surface area contributed by atoms with Crippen molar-refractivity contribution in [3.8, 4) is 11.4 Å². The second-order valence-corrected chi connectivity index (χ2v) is 9.52. The summed E-state index contributed by atoms with van der Waals surface area (Å²) in [7, 11) is 0. The number of rotatable bonds is 9. The predicted octanol–water partition coefficient (Wildman–Crippen LogP) is 2.68. The fourth-order valence-corrected chi connectivity index (χ4v) is 4.89. The number of hydrogen-bond donors (Lipinski definition) is 4. The number of nitrogens with one attached hydrogen (secondary N) is 3. The second-order valence-electron chi connectivity index (χ2n) is 8.57. The van der Waals surface area contributed by atoms with Crippen molar-refractivity contribution in [2.75, 3.05) is 43.4 Å². The summed E-state index contributed by atoms with van der Waals surface area (Å²) in [4.78, 5) is 36.0. The Bertz CT molecular complexity index is 1130. The Morgan fingerprint density at radius 3 is 2.49 bits per heavy atom. The Kier molecular flexibility index (Phi) is 8.06. The molecule has 1 aromatic carbocycles. The van der Waals surface area contributed by atoms with Gasteiger partial charge in [-0.2, -0.15) is 0 Å². The molecule has 1 aliphatic rings. The number of hydrogen-bond acceptors (Lipinski definition) is 8. The Hall–Kier alpha value is -3.34. The zero-order valence-corrected chi connectivity index (χ0v) is 20.5. The molecule has 4 N–H and O–H groups in total. The first-order valence-corrected chi connectivity index (χ1v) is 12.5. The van der Waals surface area contributed by atoms with Crippen LogP contribution in [-0.2, 0) is 15.2 Å². The molecule has 0 unspecified atom stereocenters. The number of aliphatic hydroxyl groups is 1. The second kappa shape index (κ2) is 11.4. The molecule has 2 aromatic heterocycles. The van der Waals surface area contributed by atoms with Crippen molar-refractivity contribution in [3.63, 3.8) is 0 Å². The molecule has 2 amide bonds. The Morgan fingerprint density at radius 2 is 1.80 bits per heavy atom. The van der Waals surface area contributed by atoms with Crippen molar-refractivity contribution in [1.29, 1.82) is 0 Å². The number of piperidine rings is 1. The molecule has 1 fully saturated rings. The van der Waals surface area contributed by atoms with Crippen LogP contribution in [0.25, 0.3) is 11.4 Å². The number of carbonyl (C=O) groups is 2. The molecule has 184 valence electrons. The van der Waals surface area contributed by atoms with Crippen LogP contribution in [0.2, 0.25) is 0 Å². The molecule has 3 aromatic rings. The number of thiophene rings is 1. The molecule has 0 aliphatic carbocycles. The number of nitrogens with zero attached hydrogens (tertiary/aromatic N) is 3. The van der Waals surface area contributed by atoms with E-state index in [2.05, 4.69) is 25.9 Å². The van der Waals surface area contributed by atoms with Crippen LogP contribution in [0.4, 0.5) is 11.6 Å².